The maximum absolute atomic E-state index is 9.58. The molecule has 2 N–H and O–H groups in total. The summed E-state index contributed by atoms with van der Waals surface area (Å²) in [6.45, 7) is 4.29. The van der Waals surface area contributed by atoms with Gasteiger partial charge in [-0.15, -0.1) is 0 Å². The van der Waals surface area contributed by atoms with Crippen molar-refractivity contribution in [1.82, 2.24) is 5.32 Å². The Hall–Kier alpha value is -0.770. The summed E-state index contributed by atoms with van der Waals surface area (Å²) < 4.78 is 5.04. The van der Waals surface area contributed by atoms with E-state index >= 15 is 0 Å². The summed E-state index contributed by atoms with van der Waals surface area (Å²) in [4.78, 5) is 0. The van der Waals surface area contributed by atoms with Crippen LogP contribution in [0.1, 0.15) is 12.5 Å². The number of nitrogens with one attached hydrogen (secondary N) is 1. The SMILES string of the molecule is COCC(C)CNCc1cc(Cl)ccc1O. The Morgan fingerprint density at radius 3 is 2.94 bits per heavy atom. The van der Waals surface area contributed by atoms with Crippen molar-refractivity contribution >= 4 is 11.6 Å². The number of benzene rings is 1. The van der Waals surface area contributed by atoms with Crippen LogP contribution in [0.4, 0.5) is 0 Å². The minimum absolute atomic E-state index is 0.274. The average Bonchev–Trinajstić information content (AvgIpc) is 2.23. The van der Waals surface area contributed by atoms with Crippen LogP contribution in [0, 0.1) is 5.92 Å². The molecule has 0 radical (unpaired) electrons. The largest absolute Gasteiger partial charge is 0.508 e. The second-order valence-corrected chi connectivity index (χ2v) is 4.40. The second-order valence-electron chi connectivity index (χ2n) is 3.96. The number of aromatic hydroxyl groups is 1. The van der Waals surface area contributed by atoms with Crippen molar-refractivity contribution in [1.29, 1.82) is 0 Å². The molecule has 0 aliphatic heterocycles. The highest BCUT2D eigenvalue weighted by Crippen LogP contribution is 2.21. The van der Waals surface area contributed by atoms with Crippen molar-refractivity contribution in [3.8, 4) is 5.75 Å². The molecule has 0 aliphatic carbocycles. The molecule has 0 fully saturated rings. The van der Waals surface area contributed by atoms with Gasteiger partial charge in [0.1, 0.15) is 5.75 Å². The van der Waals surface area contributed by atoms with Crippen molar-refractivity contribution in [3.63, 3.8) is 0 Å². The molecule has 0 saturated heterocycles. The Morgan fingerprint density at radius 2 is 2.25 bits per heavy atom. The number of rotatable bonds is 6. The quantitative estimate of drug-likeness (QED) is 0.806. The summed E-state index contributed by atoms with van der Waals surface area (Å²) in [5, 5.41) is 13.5. The molecule has 16 heavy (non-hydrogen) atoms. The summed E-state index contributed by atoms with van der Waals surface area (Å²) in [6.07, 6.45) is 0. The van der Waals surface area contributed by atoms with Gasteiger partial charge in [0.05, 0.1) is 0 Å². The Balaban J connectivity index is 2.39. The van der Waals surface area contributed by atoms with Gasteiger partial charge in [0.15, 0.2) is 0 Å². The first-order valence-corrected chi connectivity index (χ1v) is 5.68. The fraction of sp³-hybridized carbons (Fsp3) is 0.500. The first kappa shape index (κ1) is 13.3. The van der Waals surface area contributed by atoms with Gasteiger partial charge in [-0.1, -0.05) is 18.5 Å². The Bertz CT molecular complexity index is 331. The van der Waals surface area contributed by atoms with Gasteiger partial charge in [-0.25, -0.2) is 0 Å². The van der Waals surface area contributed by atoms with E-state index in [1.165, 1.54) is 0 Å². The topological polar surface area (TPSA) is 41.5 Å². The van der Waals surface area contributed by atoms with Gasteiger partial charge in [-0.3, -0.25) is 0 Å². The molecular weight excluding hydrogens is 226 g/mol. The maximum Gasteiger partial charge on any atom is 0.120 e. The van der Waals surface area contributed by atoms with Gasteiger partial charge in [-0.2, -0.15) is 0 Å². The molecule has 0 aliphatic rings. The molecule has 90 valence electrons. The van der Waals surface area contributed by atoms with Crippen molar-refractivity contribution < 1.29 is 9.84 Å². The highest BCUT2D eigenvalue weighted by atomic mass is 35.5. The molecule has 1 unspecified atom stereocenters. The monoisotopic (exact) mass is 243 g/mol. The first-order valence-electron chi connectivity index (χ1n) is 5.30. The Labute approximate surface area is 101 Å². The molecule has 1 atom stereocenters. The fourth-order valence-electron chi connectivity index (χ4n) is 1.49. The van der Waals surface area contributed by atoms with E-state index in [1.807, 2.05) is 0 Å². The third-order valence-electron chi connectivity index (χ3n) is 2.30. The van der Waals surface area contributed by atoms with E-state index in [1.54, 1.807) is 25.3 Å². The average molecular weight is 244 g/mol. The molecule has 1 aromatic rings. The van der Waals surface area contributed by atoms with Crippen LogP contribution in [0.2, 0.25) is 5.02 Å². The summed E-state index contributed by atoms with van der Waals surface area (Å²) in [5.41, 5.74) is 0.817. The zero-order valence-electron chi connectivity index (χ0n) is 9.66. The normalized spacial score (nSPS) is 12.7. The fourth-order valence-corrected chi connectivity index (χ4v) is 1.69. The van der Waals surface area contributed by atoms with Crippen LogP contribution in [0.5, 0.6) is 5.75 Å². The number of ether oxygens (including phenoxy) is 1. The molecule has 0 aromatic heterocycles. The lowest BCUT2D eigenvalue weighted by Crippen LogP contribution is -2.23. The van der Waals surface area contributed by atoms with Gasteiger partial charge in [0.2, 0.25) is 0 Å². The lowest BCUT2D eigenvalue weighted by molar-refractivity contribution is 0.158. The van der Waals surface area contributed by atoms with Crippen molar-refractivity contribution in [2.45, 2.75) is 13.5 Å². The van der Waals surface area contributed by atoms with Crippen molar-refractivity contribution in [2.24, 2.45) is 5.92 Å². The van der Waals surface area contributed by atoms with Gasteiger partial charge < -0.3 is 15.2 Å². The minimum atomic E-state index is 0.274. The summed E-state index contributed by atoms with van der Waals surface area (Å²) in [5.74, 6) is 0.725. The standard InChI is InChI=1S/C12H18ClNO2/c1-9(8-16-2)6-14-7-10-5-11(13)3-4-12(10)15/h3-5,9,14-15H,6-8H2,1-2H3. The molecule has 1 rings (SSSR count). The van der Waals surface area contributed by atoms with Gasteiger partial charge >= 0.3 is 0 Å². The summed E-state index contributed by atoms with van der Waals surface area (Å²) >= 11 is 5.85. The predicted molar refractivity (Wildman–Crippen MR) is 65.9 cm³/mol. The van der Waals surface area contributed by atoms with E-state index in [0.717, 1.165) is 18.7 Å². The number of halogens is 1. The Morgan fingerprint density at radius 1 is 1.50 bits per heavy atom. The van der Waals surface area contributed by atoms with Crippen LogP contribution in [-0.2, 0) is 11.3 Å². The summed E-state index contributed by atoms with van der Waals surface area (Å²) in [6, 6.07) is 5.05. The minimum Gasteiger partial charge on any atom is -0.508 e. The number of hydrogen-bond acceptors (Lipinski definition) is 3. The zero-order valence-corrected chi connectivity index (χ0v) is 10.4. The lowest BCUT2D eigenvalue weighted by Gasteiger charge is -2.12. The molecule has 0 amide bonds. The van der Waals surface area contributed by atoms with Gasteiger partial charge in [0, 0.05) is 37.4 Å². The third kappa shape index (κ3) is 4.39. The highest BCUT2D eigenvalue weighted by Gasteiger charge is 2.04. The van der Waals surface area contributed by atoms with E-state index < -0.39 is 0 Å². The zero-order chi connectivity index (χ0) is 12.0. The second kappa shape index (κ2) is 6.74. The molecule has 4 heteroatoms. The summed E-state index contributed by atoms with van der Waals surface area (Å²) in [7, 11) is 1.69. The van der Waals surface area contributed by atoms with Crippen LogP contribution in [0.3, 0.4) is 0 Å². The first-order chi connectivity index (χ1) is 7.63. The van der Waals surface area contributed by atoms with Gasteiger partial charge in [-0.05, 0) is 24.1 Å². The molecule has 0 spiro atoms. The van der Waals surface area contributed by atoms with Crippen LogP contribution < -0.4 is 5.32 Å². The number of methoxy groups -OCH3 is 1. The number of phenols is 1. The smallest absolute Gasteiger partial charge is 0.120 e. The van der Waals surface area contributed by atoms with E-state index in [9.17, 15) is 5.11 Å². The van der Waals surface area contributed by atoms with Crippen LogP contribution in [0.15, 0.2) is 18.2 Å². The maximum atomic E-state index is 9.58. The number of phenolic OH excluding ortho intramolecular Hbond substituents is 1. The van der Waals surface area contributed by atoms with Crippen LogP contribution in [-0.4, -0.2) is 25.4 Å². The lowest BCUT2D eigenvalue weighted by atomic mass is 10.1. The van der Waals surface area contributed by atoms with Crippen LogP contribution >= 0.6 is 11.6 Å². The van der Waals surface area contributed by atoms with E-state index in [-0.39, 0.29) is 5.75 Å². The van der Waals surface area contributed by atoms with Gasteiger partial charge in [0.25, 0.3) is 0 Å². The third-order valence-corrected chi connectivity index (χ3v) is 2.54. The van der Waals surface area contributed by atoms with Crippen molar-refractivity contribution in [3.05, 3.63) is 28.8 Å². The molecule has 0 heterocycles. The van der Waals surface area contributed by atoms with E-state index in [4.69, 9.17) is 16.3 Å². The molecular formula is C12H18ClNO2. The van der Waals surface area contributed by atoms with E-state index in [2.05, 4.69) is 12.2 Å². The van der Waals surface area contributed by atoms with Crippen molar-refractivity contribution in [2.75, 3.05) is 20.3 Å². The predicted octanol–water partition coefficient (Wildman–Crippen LogP) is 2.42. The molecule has 1 aromatic carbocycles. The molecule has 0 saturated carbocycles. The highest BCUT2D eigenvalue weighted by molar-refractivity contribution is 6.30. The number of hydrogen-bond donors (Lipinski definition) is 2. The van der Waals surface area contributed by atoms with Crippen LogP contribution in [0.25, 0.3) is 0 Å². The Kier molecular flexibility index (Phi) is 5.60. The van der Waals surface area contributed by atoms with E-state index in [0.29, 0.717) is 17.5 Å². The molecule has 3 nitrogen and oxygen atoms in total. The molecule has 0 bridgehead atoms.